The van der Waals surface area contributed by atoms with E-state index in [0.717, 1.165) is 0 Å². The first-order chi connectivity index (χ1) is 14.1. The summed E-state index contributed by atoms with van der Waals surface area (Å²) in [6.45, 7) is 6.55. The van der Waals surface area contributed by atoms with E-state index < -0.39 is 21.6 Å². The average Bonchev–Trinajstić information content (AvgIpc) is 3.11. The Labute approximate surface area is 174 Å². The summed E-state index contributed by atoms with van der Waals surface area (Å²) in [4.78, 5) is 27.8. The minimum atomic E-state index is -4.15. The van der Waals surface area contributed by atoms with E-state index >= 15 is 0 Å². The first-order valence-electron chi connectivity index (χ1n) is 9.33. The van der Waals surface area contributed by atoms with Gasteiger partial charge in [-0.3, -0.25) is 14.2 Å². The number of aromatic nitrogens is 3. The number of nitrogens with one attached hydrogen (secondary N) is 2. The van der Waals surface area contributed by atoms with E-state index in [9.17, 15) is 18.0 Å². The average molecular weight is 433 g/mol. The minimum absolute atomic E-state index is 0.0564. The van der Waals surface area contributed by atoms with Crippen LogP contribution in [0.15, 0.2) is 40.0 Å². The molecule has 0 aliphatic rings. The molecular formula is C20H24N4O5S. The smallest absolute Gasteiger partial charge is 0.355 e. The molecule has 0 saturated heterocycles. The summed E-state index contributed by atoms with van der Waals surface area (Å²) >= 11 is 0. The first kappa shape index (κ1) is 21.4. The number of esters is 1. The second-order valence-corrected chi connectivity index (χ2v) is 8.46. The van der Waals surface area contributed by atoms with Gasteiger partial charge >= 0.3 is 5.97 Å². The third-order valence-electron chi connectivity index (χ3n) is 4.91. The Morgan fingerprint density at radius 3 is 2.40 bits per heavy atom. The van der Waals surface area contributed by atoms with Gasteiger partial charge in [0.05, 0.1) is 18.0 Å². The van der Waals surface area contributed by atoms with E-state index in [4.69, 9.17) is 4.74 Å². The number of hydrogen-bond acceptors (Lipinski definition) is 5. The molecule has 0 atom stereocenters. The van der Waals surface area contributed by atoms with E-state index in [0.29, 0.717) is 11.4 Å². The van der Waals surface area contributed by atoms with Crippen molar-refractivity contribution in [2.24, 2.45) is 7.05 Å². The van der Waals surface area contributed by atoms with Gasteiger partial charge in [0.1, 0.15) is 16.3 Å². The summed E-state index contributed by atoms with van der Waals surface area (Å²) in [6.07, 6.45) is 0. The first-order valence-corrected chi connectivity index (χ1v) is 10.8. The van der Waals surface area contributed by atoms with Crippen molar-refractivity contribution in [3.63, 3.8) is 0 Å². The number of benzene rings is 1. The van der Waals surface area contributed by atoms with Crippen LogP contribution in [0.5, 0.6) is 0 Å². The normalized spacial score (nSPS) is 11.5. The molecule has 3 rings (SSSR count). The van der Waals surface area contributed by atoms with Gasteiger partial charge in [0.15, 0.2) is 0 Å². The molecule has 0 unspecified atom stereocenters. The number of para-hydroxylation sites is 1. The Morgan fingerprint density at radius 1 is 1.17 bits per heavy atom. The van der Waals surface area contributed by atoms with Crippen LogP contribution in [0, 0.1) is 20.8 Å². The number of anilines is 1. The molecule has 0 aliphatic heterocycles. The van der Waals surface area contributed by atoms with E-state index in [1.54, 1.807) is 56.8 Å². The Bertz CT molecular complexity index is 1270. The molecule has 0 spiro atoms. The third-order valence-corrected chi connectivity index (χ3v) is 6.53. The van der Waals surface area contributed by atoms with E-state index in [2.05, 4.69) is 9.71 Å². The maximum Gasteiger partial charge on any atom is 0.355 e. The molecule has 0 amide bonds. The lowest BCUT2D eigenvalue weighted by atomic mass is 10.2. The quantitative estimate of drug-likeness (QED) is 0.581. The molecule has 160 valence electrons. The van der Waals surface area contributed by atoms with Crippen molar-refractivity contribution in [1.82, 2.24) is 14.3 Å². The number of ether oxygens (including phenoxy) is 1. The molecule has 3 aromatic rings. The van der Waals surface area contributed by atoms with Gasteiger partial charge in [0, 0.05) is 18.3 Å². The number of aromatic amines is 1. The molecule has 2 heterocycles. The predicted molar refractivity (Wildman–Crippen MR) is 113 cm³/mol. The van der Waals surface area contributed by atoms with Gasteiger partial charge in [-0.1, -0.05) is 18.2 Å². The minimum Gasteiger partial charge on any atom is -0.461 e. The number of rotatable bonds is 6. The molecule has 0 aliphatic carbocycles. The number of carbonyl (C=O) groups is 1. The fourth-order valence-electron chi connectivity index (χ4n) is 3.41. The Morgan fingerprint density at radius 2 is 1.80 bits per heavy atom. The van der Waals surface area contributed by atoms with Gasteiger partial charge in [-0.2, -0.15) is 0 Å². The van der Waals surface area contributed by atoms with Crippen LogP contribution in [0.25, 0.3) is 5.69 Å². The fraction of sp³-hybridized carbons (Fsp3) is 0.300. The summed E-state index contributed by atoms with van der Waals surface area (Å²) in [5.74, 6) is -0.637. The number of H-pyrrole nitrogens is 1. The topological polar surface area (TPSA) is 115 Å². The van der Waals surface area contributed by atoms with E-state index in [-0.39, 0.29) is 34.1 Å². The van der Waals surface area contributed by atoms with Crippen molar-refractivity contribution in [2.45, 2.75) is 32.6 Å². The fourth-order valence-corrected chi connectivity index (χ4v) is 4.98. The molecular weight excluding hydrogens is 408 g/mol. The highest BCUT2D eigenvalue weighted by Gasteiger charge is 2.29. The zero-order chi connectivity index (χ0) is 22.2. The van der Waals surface area contributed by atoms with Crippen LogP contribution in [0.4, 0.5) is 5.69 Å². The van der Waals surface area contributed by atoms with Gasteiger partial charge in [-0.15, -0.1) is 0 Å². The number of sulfonamides is 1. The highest BCUT2D eigenvalue weighted by atomic mass is 32.2. The molecule has 0 bridgehead atoms. The van der Waals surface area contributed by atoms with Crippen LogP contribution >= 0.6 is 0 Å². The lowest BCUT2D eigenvalue weighted by Crippen LogP contribution is -2.23. The molecule has 30 heavy (non-hydrogen) atoms. The van der Waals surface area contributed by atoms with Crippen molar-refractivity contribution in [2.75, 3.05) is 11.3 Å². The zero-order valence-corrected chi connectivity index (χ0v) is 18.3. The van der Waals surface area contributed by atoms with Gasteiger partial charge in [-0.05, 0) is 39.8 Å². The van der Waals surface area contributed by atoms with Crippen molar-refractivity contribution in [3.8, 4) is 5.69 Å². The van der Waals surface area contributed by atoms with Gasteiger partial charge in [-0.25, -0.2) is 17.9 Å². The molecule has 0 saturated carbocycles. The number of hydrogen-bond donors (Lipinski definition) is 2. The SMILES string of the molecule is CCOC(=O)c1[nH]c(C)c(S(=O)(=O)Nc2c(C)n(C)n(-c3ccccc3)c2=O)c1C. The molecule has 2 N–H and O–H groups in total. The van der Waals surface area contributed by atoms with E-state index in [1.165, 1.54) is 11.6 Å². The lowest BCUT2D eigenvalue weighted by molar-refractivity contribution is 0.0519. The van der Waals surface area contributed by atoms with Gasteiger partial charge in [0.25, 0.3) is 15.6 Å². The van der Waals surface area contributed by atoms with Crippen LogP contribution < -0.4 is 10.3 Å². The highest BCUT2D eigenvalue weighted by Crippen LogP contribution is 2.26. The Balaban J connectivity index is 2.08. The second-order valence-electron chi connectivity index (χ2n) is 6.84. The second kappa shape index (κ2) is 7.86. The van der Waals surface area contributed by atoms with Crippen molar-refractivity contribution in [1.29, 1.82) is 0 Å². The monoisotopic (exact) mass is 432 g/mol. The largest absolute Gasteiger partial charge is 0.461 e. The predicted octanol–water partition coefficient (Wildman–Crippen LogP) is 2.41. The lowest BCUT2D eigenvalue weighted by Gasteiger charge is -2.08. The Kier molecular flexibility index (Phi) is 5.62. The van der Waals surface area contributed by atoms with Crippen LogP contribution in [-0.4, -0.2) is 35.3 Å². The van der Waals surface area contributed by atoms with Gasteiger partial charge in [0.2, 0.25) is 0 Å². The van der Waals surface area contributed by atoms with Crippen LogP contribution in [0.3, 0.4) is 0 Å². The van der Waals surface area contributed by atoms with Crippen molar-refractivity contribution < 1.29 is 17.9 Å². The third kappa shape index (κ3) is 3.54. The summed E-state index contributed by atoms with van der Waals surface area (Å²) in [5.41, 5.74) is 1.08. The standard InChI is InChI=1S/C20H24N4O5S/c1-6-29-20(26)16-12(2)18(13(3)21-16)30(27,28)22-17-14(4)23(5)24(19(17)25)15-10-8-7-9-11-15/h7-11,21-22H,6H2,1-5H3. The molecule has 0 fully saturated rings. The molecule has 9 nitrogen and oxygen atoms in total. The summed E-state index contributed by atoms with van der Waals surface area (Å²) in [5, 5.41) is 0. The number of aryl methyl sites for hydroxylation is 1. The molecule has 10 heteroatoms. The summed E-state index contributed by atoms with van der Waals surface area (Å²) in [7, 11) is -2.47. The molecule has 0 radical (unpaired) electrons. The van der Waals surface area contributed by atoms with Crippen LogP contribution in [-0.2, 0) is 21.8 Å². The maximum atomic E-state index is 13.2. The van der Waals surface area contributed by atoms with Crippen LogP contribution in [0.1, 0.15) is 34.4 Å². The molecule has 2 aromatic heterocycles. The maximum absolute atomic E-state index is 13.2. The van der Waals surface area contributed by atoms with Crippen molar-refractivity contribution in [3.05, 3.63) is 63.3 Å². The zero-order valence-electron chi connectivity index (χ0n) is 17.4. The van der Waals surface area contributed by atoms with Crippen LogP contribution in [0.2, 0.25) is 0 Å². The number of carbonyl (C=O) groups excluding carboxylic acids is 1. The summed E-state index contributed by atoms with van der Waals surface area (Å²) in [6, 6.07) is 8.91. The highest BCUT2D eigenvalue weighted by molar-refractivity contribution is 7.92. The summed E-state index contributed by atoms with van der Waals surface area (Å²) < 4.78 is 36.7. The van der Waals surface area contributed by atoms with E-state index in [1.807, 2.05) is 6.07 Å². The van der Waals surface area contributed by atoms with Gasteiger partial charge < -0.3 is 9.72 Å². The Hall–Kier alpha value is -3.27. The number of nitrogens with zero attached hydrogens (tertiary/aromatic N) is 2. The van der Waals surface area contributed by atoms with Crippen molar-refractivity contribution >= 4 is 21.7 Å². The molecule has 1 aromatic carbocycles.